The van der Waals surface area contributed by atoms with Crippen LogP contribution in [0.1, 0.15) is 410 Å². The Morgan fingerprint density at radius 1 is 0.237 bits per heavy atom. The van der Waals surface area contributed by atoms with Gasteiger partial charge in [0.05, 0.1) is 9.79 Å². The molecule has 4 rings (SSSR count). The molecule has 0 saturated carbocycles. The van der Waals surface area contributed by atoms with Crippen molar-refractivity contribution in [2.75, 3.05) is 0 Å². The molecule has 6 nitrogen and oxygen atoms in total. The van der Waals surface area contributed by atoms with E-state index in [2.05, 4.69) is 39.8 Å². The molecule has 4 aromatic rings. The minimum Gasteiger partial charge on any atom is -0.744 e. The first-order valence-electron chi connectivity index (χ1n) is 40.0. The molecule has 0 radical (unpaired) electrons. The van der Waals surface area contributed by atoms with Gasteiger partial charge in [-0.1, -0.05) is 410 Å². The van der Waals surface area contributed by atoms with Crippen LogP contribution in [0.5, 0.6) is 0 Å². The largest absolute Gasteiger partial charge is 2.00 e. The fraction of sp³-hybridized carbons (Fsp3) is 0.762. The fourth-order valence-electron chi connectivity index (χ4n) is 14.4. The van der Waals surface area contributed by atoms with Crippen molar-refractivity contribution in [3.8, 4) is 0 Å². The van der Waals surface area contributed by atoms with Crippen molar-refractivity contribution in [3.63, 3.8) is 0 Å². The van der Waals surface area contributed by atoms with E-state index in [0.29, 0.717) is 12.8 Å². The van der Waals surface area contributed by atoms with Gasteiger partial charge in [-0.2, -0.15) is 0 Å². The molecular weight excluding hydrogens is 1310 g/mol. The van der Waals surface area contributed by atoms with Crippen LogP contribution in [0.15, 0.2) is 70.5 Å². The first kappa shape index (κ1) is 87.9. The molecule has 0 spiro atoms. The molecule has 0 aromatic heterocycles. The van der Waals surface area contributed by atoms with Crippen LogP contribution in [0.3, 0.4) is 0 Å². The molecular formula is C84H142BaO6S2. The van der Waals surface area contributed by atoms with E-state index in [1.807, 2.05) is 36.4 Å². The molecule has 4 aromatic carbocycles. The zero-order valence-electron chi connectivity index (χ0n) is 61.2. The third-order valence-electron chi connectivity index (χ3n) is 20.1. The van der Waals surface area contributed by atoms with Gasteiger partial charge in [-0.15, -0.1) is 0 Å². The van der Waals surface area contributed by atoms with Gasteiger partial charge >= 0.3 is 48.9 Å². The smallest absolute Gasteiger partial charge is 0.744 e. The van der Waals surface area contributed by atoms with Crippen molar-refractivity contribution in [1.29, 1.82) is 0 Å². The number of benzene rings is 4. The van der Waals surface area contributed by atoms with Gasteiger partial charge in [-0.3, -0.25) is 0 Å². The minimum atomic E-state index is -4.53. The molecule has 93 heavy (non-hydrogen) atoms. The van der Waals surface area contributed by atoms with Crippen LogP contribution in [0.25, 0.3) is 21.5 Å². The quantitative estimate of drug-likeness (QED) is 0.0247. The molecule has 0 aliphatic carbocycles. The topological polar surface area (TPSA) is 114 Å². The maximum atomic E-state index is 12.4. The van der Waals surface area contributed by atoms with Gasteiger partial charge in [0.2, 0.25) is 0 Å². The predicted octanol–water partition coefficient (Wildman–Crippen LogP) is 27.2. The maximum absolute atomic E-state index is 12.4. The molecule has 0 heterocycles. The Morgan fingerprint density at radius 3 is 0.581 bits per heavy atom. The molecule has 0 saturated heterocycles. The van der Waals surface area contributed by atoms with Crippen LogP contribution in [0.4, 0.5) is 0 Å². The van der Waals surface area contributed by atoms with Crippen LogP contribution in [0.2, 0.25) is 0 Å². The Labute approximate surface area is 616 Å². The van der Waals surface area contributed by atoms with E-state index in [1.165, 1.54) is 308 Å². The van der Waals surface area contributed by atoms with Gasteiger partial charge in [0, 0.05) is 0 Å². The van der Waals surface area contributed by atoms with Gasteiger partial charge in [-0.05, 0) is 107 Å². The first-order chi connectivity index (χ1) is 45.0. The normalized spacial score (nSPS) is 11.8. The zero-order valence-corrected chi connectivity index (χ0v) is 67.2. The summed E-state index contributed by atoms with van der Waals surface area (Å²) in [7, 11) is -9.05. The number of hydrogen-bond donors (Lipinski definition) is 0. The molecule has 0 amide bonds. The molecule has 9 heteroatoms. The summed E-state index contributed by atoms with van der Waals surface area (Å²) in [5, 5.41) is 4.19. The van der Waals surface area contributed by atoms with Crippen molar-refractivity contribution in [2.45, 2.75) is 423 Å². The summed E-state index contributed by atoms with van der Waals surface area (Å²) >= 11 is 0. The average Bonchev–Trinajstić information content (AvgIpc) is 0.786. The fourth-order valence-corrected chi connectivity index (χ4v) is 16.0. The van der Waals surface area contributed by atoms with Gasteiger partial charge in [-0.25, -0.2) is 16.8 Å². The molecule has 0 aliphatic heterocycles. The van der Waals surface area contributed by atoms with Gasteiger partial charge in [0.15, 0.2) is 0 Å². The van der Waals surface area contributed by atoms with Crippen LogP contribution >= 0.6 is 0 Å². The third kappa shape index (κ3) is 43.2. The standard InChI is InChI=1S/2C42H72O3S.Ba/c2*1-3-5-7-9-11-13-15-17-19-21-23-25-27-29-33-38-37-42(46(43,44)45)41(40-35-32-31-34-39(38)40)36-30-28-26-24-22-20-18-16-14-12-10-8-6-4-2;/h2*31-32,34-35,37H,3-30,33,36H2,1-2H3,(H,43,44,45);/q;;+2/p-2. The van der Waals surface area contributed by atoms with Gasteiger partial charge in [0.25, 0.3) is 0 Å². The molecule has 0 N–H and O–H groups in total. The second-order valence-electron chi connectivity index (χ2n) is 28.4. The summed E-state index contributed by atoms with van der Waals surface area (Å²) in [6, 6.07) is 19.8. The molecule has 0 bridgehead atoms. The number of hydrogen-bond acceptors (Lipinski definition) is 6. The zero-order chi connectivity index (χ0) is 66.3. The van der Waals surface area contributed by atoms with E-state index in [0.717, 1.165) is 108 Å². The summed E-state index contributed by atoms with van der Waals surface area (Å²) in [5.41, 5.74) is 3.53. The summed E-state index contributed by atoms with van der Waals surface area (Å²) in [4.78, 5) is 0.0579. The van der Waals surface area contributed by atoms with Crippen molar-refractivity contribution < 1.29 is 25.9 Å². The molecule has 0 unspecified atom stereocenters. The van der Waals surface area contributed by atoms with E-state index in [1.54, 1.807) is 12.1 Å². The Morgan fingerprint density at radius 2 is 0.398 bits per heavy atom. The number of fused-ring (bicyclic) bond motifs is 2. The van der Waals surface area contributed by atoms with Crippen LogP contribution in [-0.2, 0) is 45.9 Å². The molecule has 528 valence electrons. The van der Waals surface area contributed by atoms with Crippen molar-refractivity contribution in [1.82, 2.24) is 0 Å². The van der Waals surface area contributed by atoms with E-state index in [4.69, 9.17) is 0 Å². The second kappa shape index (κ2) is 59.6. The Balaban J connectivity index is 0.000000627. The minimum absolute atomic E-state index is 0. The van der Waals surface area contributed by atoms with Gasteiger partial charge in [0.1, 0.15) is 20.2 Å². The predicted molar refractivity (Wildman–Crippen MR) is 406 cm³/mol. The number of aryl methyl sites for hydroxylation is 4. The second-order valence-corrected chi connectivity index (χ2v) is 31.1. The van der Waals surface area contributed by atoms with E-state index in [9.17, 15) is 25.9 Å². The molecule has 0 aliphatic rings. The SMILES string of the molecule is CCCCCCCCCCCCCCCCc1cc(S(=O)(=O)[O-])c(CCCCCCCCCCCCCCCC)c2ccccc12.CCCCCCCCCCCCCCCCc1cc(S(=O)(=O)[O-])c(CCCCCCCCCCCCCCCC)c2ccccc12.[Ba+2]. The van der Waals surface area contributed by atoms with Crippen molar-refractivity contribution >= 4 is 90.7 Å². The third-order valence-corrected chi connectivity index (χ3v) is 21.9. The van der Waals surface area contributed by atoms with E-state index < -0.39 is 20.2 Å². The van der Waals surface area contributed by atoms with Crippen LogP contribution in [-0.4, -0.2) is 74.8 Å². The first-order valence-corrected chi connectivity index (χ1v) is 42.8. The van der Waals surface area contributed by atoms with E-state index in [-0.39, 0.29) is 58.7 Å². The average molecular weight is 1450 g/mol. The Kier molecular flexibility index (Phi) is 56.4. The van der Waals surface area contributed by atoms with Crippen LogP contribution < -0.4 is 0 Å². The monoisotopic (exact) mass is 1450 g/mol. The van der Waals surface area contributed by atoms with Crippen molar-refractivity contribution in [3.05, 3.63) is 82.9 Å². The number of unbranched alkanes of at least 4 members (excludes halogenated alkanes) is 52. The van der Waals surface area contributed by atoms with E-state index >= 15 is 0 Å². The Hall–Kier alpha value is -1.21. The number of rotatable bonds is 62. The summed E-state index contributed by atoms with van der Waals surface area (Å²) in [6.07, 6.45) is 76.2. The molecule has 0 atom stereocenters. The summed E-state index contributed by atoms with van der Waals surface area (Å²) in [5.74, 6) is 0. The van der Waals surface area contributed by atoms with Crippen LogP contribution in [0, 0.1) is 0 Å². The maximum Gasteiger partial charge on any atom is 2.00 e. The summed E-state index contributed by atoms with van der Waals surface area (Å²) in [6.45, 7) is 9.10. The molecule has 0 fully saturated rings. The summed E-state index contributed by atoms with van der Waals surface area (Å²) < 4.78 is 74.7. The van der Waals surface area contributed by atoms with Crippen molar-refractivity contribution in [2.24, 2.45) is 0 Å². The van der Waals surface area contributed by atoms with Gasteiger partial charge < -0.3 is 9.11 Å². The Bertz CT molecular complexity index is 2430.